The van der Waals surface area contributed by atoms with E-state index in [-0.39, 0.29) is 23.4 Å². The van der Waals surface area contributed by atoms with E-state index in [1.54, 1.807) is 26.4 Å². The summed E-state index contributed by atoms with van der Waals surface area (Å²) in [6.45, 7) is 0. The Hall–Kier alpha value is -2.95. The number of carbonyl (C=O) groups excluding carboxylic acids is 1. The molecule has 0 radical (unpaired) electrons. The van der Waals surface area contributed by atoms with Crippen LogP contribution < -0.4 is 19.9 Å². The summed E-state index contributed by atoms with van der Waals surface area (Å²) in [6, 6.07) is 11.0. The number of methoxy groups -OCH3 is 2. The van der Waals surface area contributed by atoms with Crippen molar-refractivity contribution in [3.05, 3.63) is 65.2 Å². The van der Waals surface area contributed by atoms with Gasteiger partial charge in [0, 0.05) is 17.2 Å². The van der Waals surface area contributed by atoms with Crippen molar-refractivity contribution in [1.29, 1.82) is 0 Å². The second kappa shape index (κ2) is 6.41. The molecule has 0 bridgehead atoms. The van der Waals surface area contributed by atoms with Gasteiger partial charge in [-0.3, -0.25) is 0 Å². The first-order chi connectivity index (χ1) is 12.6. The summed E-state index contributed by atoms with van der Waals surface area (Å²) >= 11 is 0. The Morgan fingerprint density at radius 2 is 1.96 bits per heavy atom. The number of carboxylic acids is 1. The van der Waals surface area contributed by atoms with E-state index in [0.717, 1.165) is 34.7 Å². The van der Waals surface area contributed by atoms with Crippen molar-refractivity contribution in [2.24, 2.45) is 5.92 Å². The molecule has 26 heavy (non-hydrogen) atoms. The van der Waals surface area contributed by atoms with Crippen molar-refractivity contribution >= 4 is 11.7 Å². The normalized spacial score (nSPS) is 22.9. The Kier molecular flexibility index (Phi) is 4.07. The molecule has 1 heterocycles. The van der Waals surface area contributed by atoms with Gasteiger partial charge in [0.1, 0.15) is 11.5 Å². The molecule has 1 aliphatic carbocycles. The monoisotopic (exact) mass is 350 g/mol. The topological polar surface area (TPSA) is 70.6 Å². The standard InChI is InChI=1S/C21H21NO4/c1-25-13-7-9-19(26-2)17(11-13)20-15-5-3-4-14(15)16-10-12(21(23)24)6-8-18(16)22-20/h3-4,6-11,14-15,20,22H,5H2,1-2H3,(H,23,24)/p-1/t14-,15+,20+/m0/s1. The van der Waals surface area contributed by atoms with Crippen LogP contribution in [0.25, 0.3) is 0 Å². The molecule has 5 nitrogen and oxygen atoms in total. The Balaban J connectivity index is 1.80. The predicted octanol–water partition coefficient (Wildman–Crippen LogP) is 2.89. The van der Waals surface area contributed by atoms with Gasteiger partial charge in [0.05, 0.1) is 26.2 Å². The average Bonchev–Trinajstić information content (AvgIpc) is 3.16. The maximum Gasteiger partial charge on any atom is 0.124 e. The van der Waals surface area contributed by atoms with Gasteiger partial charge in [-0.1, -0.05) is 18.2 Å². The van der Waals surface area contributed by atoms with E-state index < -0.39 is 5.97 Å². The summed E-state index contributed by atoms with van der Waals surface area (Å²) in [5, 5.41) is 14.8. The van der Waals surface area contributed by atoms with Gasteiger partial charge in [-0.05, 0) is 53.8 Å². The van der Waals surface area contributed by atoms with E-state index in [2.05, 4.69) is 17.5 Å². The number of anilines is 1. The number of rotatable bonds is 4. The van der Waals surface area contributed by atoms with Crippen LogP contribution in [0.3, 0.4) is 0 Å². The summed E-state index contributed by atoms with van der Waals surface area (Å²) in [7, 11) is 3.31. The van der Waals surface area contributed by atoms with Gasteiger partial charge < -0.3 is 24.7 Å². The van der Waals surface area contributed by atoms with Crippen LogP contribution in [-0.2, 0) is 0 Å². The molecule has 1 N–H and O–H groups in total. The van der Waals surface area contributed by atoms with Gasteiger partial charge in [0.25, 0.3) is 0 Å². The highest BCUT2D eigenvalue weighted by Gasteiger charge is 2.39. The molecule has 3 atom stereocenters. The van der Waals surface area contributed by atoms with Crippen molar-refractivity contribution < 1.29 is 19.4 Å². The summed E-state index contributed by atoms with van der Waals surface area (Å²) in [6.07, 6.45) is 5.25. The molecule has 2 aliphatic rings. The lowest BCUT2D eigenvalue weighted by Crippen LogP contribution is -2.30. The molecule has 0 saturated carbocycles. The number of aromatic carboxylic acids is 1. The number of carboxylic acid groups (broad SMARTS) is 1. The molecule has 0 unspecified atom stereocenters. The predicted molar refractivity (Wildman–Crippen MR) is 96.7 cm³/mol. The SMILES string of the molecule is COc1ccc(OC)c([C@@H]2Nc3ccc(C(=O)[O-])cc3[C@H]3C=CC[C@H]32)c1. The number of allylic oxidation sites excluding steroid dienone is 2. The maximum absolute atomic E-state index is 11.2. The largest absolute Gasteiger partial charge is 0.545 e. The lowest BCUT2D eigenvalue weighted by molar-refractivity contribution is -0.255. The van der Waals surface area contributed by atoms with Crippen LogP contribution in [0.2, 0.25) is 0 Å². The zero-order valence-corrected chi connectivity index (χ0v) is 14.7. The second-order valence-corrected chi connectivity index (χ2v) is 6.67. The minimum Gasteiger partial charge on any atom is -0.545 e. The zero-order chi connectivity index (χ0) is 18.3. The molecular weight excluding hydrogens is 330 g/mol. The molecular formula is C21H20NO4-. The van der Waals surface area contributed by atoms with E-state index in [4.69, 9.17) is 9.47 Å². The quantitative estimate of drug-likeness (QED) is 0.859. The molecule has 2 aromatic carbocycles. The molecule has 0 aromatic heterocycles. The van der Waals surface area contributed by atoms with Crippen LogP contribution in [0.1, 0.15) is 39.9 Å². The van der Waals surface area contributed by atoms with Crippen molar-refractivity contribution in [2.45, 2.75) is 18.4 Å². The summed E-state index contributed by atoms with van der Waals surface area (Å²) in [5.41, 5.74) is 3.20. The number of ether oxygens (including phenoxy) is 2. The number of fused-ring (bicyclic) bond motifs is 3. The Bertz CT molecular complexity index is 890. The third-order valence-corrected chi connectivity index (χ3v) is 5.37. The summed E-state index contributed by atoms with van der Waals surface area (Å²) < 4.78 is 11.0. The zero-order valence-electron chi connectivity index (χ0n) is 14.7. The van der Waals surface area contributed by atoms with Crippen LogP contribution in [0.5, 0.6) is 11.5 Å². The van der Waals surface area contributed by atoms with Crippen molar-refractivity contribution in [1.82, 2.24) is 0 Å². The van der Waals surface area contributed by atoms with Gasteiger partial charge in [-0.25, -0.2) is 0 Å². The third kappa shape index (κ3) is 2.60. The van der Waals surface area contributed by atoms with Crippen LogP contribution in [0.15, 0.2) is 48.6 Å². The van der Waals surface area contributed by atoms with Crippen LogP contribution in [0, 0.1) is 5.92 Å². The number of benzene rings is 2. The van der Waals surface area contributed by atoms with E-state index in [9.17, 15) is 9.90 Å². The molecule has 0 fully saturated rings. The highest BCUT2D eigenvalue weighted by molar-refractivity contribution is 5.87. The second-order valence-electron chi connectivity index (χ2n) is 6.67. The fourth-order valence-electron chi connectivity index (χ4n) is 4.11. The van der Waals surface area contributed by atoms with Crippen LogP contribution in [0.4, 0.5) is 5.69 Å². The third-order valence-electron chi connectivity index (χ3n) is 5.37. The lowest BCUT2D eigenvalue weighted by Gasteiger charge is -2.38. The molecule has 0 saturated heterocycles. The average molecular weight is 350 g/mol. The number of hydrogen-bond acceptors (Lipinski definition) is 5. The van der Waals surface area contributed by atoms with Crippen molar-refractivity contribution in [3.8, 4) is 11.5 Å². The van der Waals surface area contributed by atoms with E-state index in [1.807, 2.05) is 24.3 Å². The van der Waals surface area contributed by atoms with E-state index in [1.165, 1.54) is 0 Å². The molecule has 2 aromatic rings. The Labute approximate surface area is 152 Å². The Morgan fingerprint density at radius 3 is 2.69 bits per heavy atom. The highest BCUT2D eigenvalue weighted by atomic mass is 16.5. The maximum atomic E-state index is 11.2. The van der Waals surface area contributed by atoms with Gasteiger partial charge >= 0.3 is 0 Å². The van der Waals surface area contributed by atoms with E-state index >= 15 is 0 Å². The highest BCUT2D eigenvalue weighted by Crippen LogP contribution is 2.51. The van der Waals surface area contributed by atoms with Crippen molar-refractivity contribution in [2.75, 3.05) is 19.5 Å². The smallest absolute Gasteiger partial charge is 0.124 e. The minimum absolute atomic E-state index is 0.0429. The van der Waals surface area contributed by atoms with Gasteiger partial charge in [-0.2, -0.15) is 0 Å². The number of nitrogens with one attached hydrogen (secondary N) is 1. The summed E-state index contributed by atoms with van der Waals surface area (Å²) in [4.78, 5) is 11.2. The van der Waals surface area contributed by atoms with Gasteiger partial charge in [0.2, 0.25) is 0 Å². The van der Waals surface area contributed by atoms with E-state index in [0.29, 0.717) is 0 Å². The lowest BCUT2D eigenvalue weighted by atomic mass is 9.76. The molecule has 0 amide bonds. The fraction of sp³-hybridized carbons (Fsp3) is 0.286. The first-order valence-corrected chi connectivity index (χ1v) is 8.62. The molecule has 4 rings (SSSR count). The number of carbonyl (C=O) groups is 1. The molecule has 5 heteroatoms. The molecule has 134 valence electrons. The first kappa shape index (κ1) is 16.5. The van der Waals surface area contributed by atoms with Gasteiger partial charge in [0.15, 0.2) is 0 Å². The first-order valence-electron chi connectivity index (χ1n) is 8.62. The summed E-state index contributed by atoms with van der Waals surface area (Å²) in [5.74, 6) is 0.877. The molecule has 0 spiro atoms. The van der Waals surface area contributed by atoms with Crippen LogP contribution >= 0.6 is 0 Å². The fourth-order valence-corrected chi connectivity index (χ4v) is 4.11. The molecule has 1 aliphatic heterocycles. The van der Waals surface area contributed by atoms with Crippen LogP contribution in [-0.4, -0.2) is 20.2 Å². The van der Waals surface area contributed by atoms with Crippen molar-refractivity contribution in [3.63, 3.8) is 0 Å². The Morgan fingerprint density at radius 1 is 1.12 bits per heavy atom. The van der Waals surface area contributed by atoms with Gasteiger partial charge in [-0.15, -0.1) is 0 Å². The minimum atomic E-state index is -1.15. The number of hydrogen-bond donors (Lipinski definition) is 1.